The number of Topliss-reactive ketones (excluding diaryl/α,β-unsaturated/α-hetero) is 1. The Bertz CT molecular complexity index is 623. The summed E-state index contributed by atoms with van der Waals surface area (Å²) in [6.07, 6.45) is 8.79. The van der Waals surface area contributed by atoms with Gasteiger partial charge in [0.15, 0.2) is 5.16 Å². The average Bonchev–Trinajstić information content (AvgIpc) is 2.85. The molecular weight excluding hydrogens is 348 g/mol. The highest BCUT2D eigenvalue weighted by Crippen LogP contribution is 2.31. The third kappa shape index (κ3) is 3.58. The number of carbonyl (C=O) groups excluding carboxylic acids is 1. The summed E-state index contributed by atoms with van der Waals surface area (Å²) in [6, 6.07) is 8.12. The summed E-state index contributed by atoms with van der Waals surface area (Å²) in [6.45, 7) is 0. The van der Waals surface area contributed by atoms with Gasteiger partial charge in [0.1, 0.15) is 5.78 Å². The first-order chi connectivity index (χ1) is 10.2. The van der Waals surface area contributed by atoms with E-state index in [1.54, 1.807) is 18.0 Å². The topological polar surface area (TPSA) is 34.9 Å². The average molecular weight is 365 g/mol. The first-order valence-electron chi connectivity index (χ1n) is 7.23. The standard InChI is InChI=1S/C16H17BrN2OS/c17-12-6-8-13(9-7-12)19-11-10-18-16(19)21-15-5-3-1-2-4-14(15)20/h6-11,15H,1-5H2. The van der Waals surface area contributed by atoms with E-state index < -0.39 is 0 Å². The van der Waals surface area contributed by atoms with Crippen LogP contribution >= 0.6 is 27.7 Å². The first-order valence-corrected chi connectivity index (χ1v) is 8.90. The maximum Gasteiger partial charge on any atom is 0.173 e. The van der Waals surface area contributed by atoms with Gasteiger partial charge in [0.2, 0.25) is 0 Å². The van der Waals surface area contributed by atoms with E-state index in [2.05, 4.69) is 25.5 Å². The molecule has 0 N–H and O–H groups in total. The highest BCUT2D eigenvalue weighted by molar-refractivity contribution is 9.10. The molecule has 1 unspecified atom stereocenters. The number of hydrogen-bond acceptors (Lipinski definition) is 3. The number of rotatable bonds is 3. The van der Waals surface area contributed by atoms with Crippen LogP contribution in [0.15, 0.2) is 46.3 Å². The molecule has 3 rings (SSSR count). The maximum absolute atomic E-state index is 12.2. The molecule has 0 spiro atoms. The van der Waals surface area contributed by atoms with Crippen LogP contribution < -0.4 is 0 Å². The summed E-state index contributed by atoms with van der Waals surface area (Å²) in [5.74, 6) is 0.378. The Morgan fingerprint density at radius 2 is 2.00 bits per heavy atom. The largest absolute Gasteiger partial charge is 0.298 e. The normalized spacial score (nSPS) is 19.5. The zero-order valence-corrected chi connectivity index (χ0v) is 14.1. The van der Waals surface area contributed by atoms with Gasteiger partial charge < -0.3 is 0 Å². The van der Waals surface area contributed by atoms with Gasteiger partial charge in [-0.15, -0.1) is 0 Å². The lowest BCUT2D eigenvalue weighted by atomic mass is 10.2. The first kappa shape index (κ1) is 14.9. The Morgan fingerprint density at radius 3 is 2.81 bits per heavy atom. The van der Waals surface area contributed by atoms with Gasteiger partial charge in [-0.3, -0.25) is 9.36 Å². The molecule has 1 aromatic carbocycles. The second kappa shape index (κ2) is 6.79. The van der Waals surface area contributed by atoms with Gasteiger partial charge in [-0.2, -0.15) is 0 Å². The van der Waals surface area contributed by atoms with Crippen LogP contribution in [0.1, 0.15) is 32.1 Å². The number of nitrogens with zero attached hydrogens (tertiary/aromatic N) is 2. The van der Waals surface area contributed by atoms with Crippen molar-refractivity contribution in [1.82, 2.24) is 9.55 Å². The Labute approximate surface area is 137 Å². The summed E-state index contributed by atoms with van der Waals surface area (Å²) in [4.78, 5) is 16.6. The minimum absolute atomic E-state index is 0.0594. The number of halogens is 1. The van der Waals surface area contributed by atoms with E-state index in [1.807, 2.05) is 30.5 Å². The molecule has 110 valence electrons. The molecule has 3 nitrogen and oxygen atoms in total. The van der Waals surface area contributed by atoms with Gasteiger partial charge in [0, 0.05) is 29.0 Å². The van der Waals surface area contributed by atoms with E-state index in [1.165, 1.54) is 6.42 Å². The molecule has 1 saturated carbocycles. The molecule has 1 aromatic heterocycles. The molecule has 0 saturated heterocycles. The zero-order valence-electron chi connectivity index (χ0n) is 11.7. The van der Waals surface area contributed by atoms with E-state index in [-0.39, 0.29) is 5.25 Å². The quantitative estimate of drug-likeness (QED) is 0.744. The van der Waals surface area contributed by atoms with E-state index >= 15 is 0 Å². The van der Waals surface area contributed by atoms with Crippen molar-refractivity contribution < 1.29 is 4.79 Å². The molecule has 21 heavy (non-hydrogen) atoms. The van der Waals surface area contributed by atoms with E-state index in [0.29, 0.717) is 5.78 Å². The van der Waals surface area contributed by atoms with Crippen molar-refractivity contribution in [2.45, 2.75) is 42.5 Å². The van der Waals surface area contributed by atoms with Crippen molar-refractivity contribution in [2.75, 3.05) is 0 Å². The van der Waals surface area contributed by atoms with Gasteiger partial charge in [0.05, 0.1) is 5.25 Å². The Balaban J connectivity index is 1.82. The molecule has 0 bridgehead atoms. The molecule has 1 fully saturated rings. The summed E-state index contributed by atoms with van der Waals surface area (Å²) in [5, 5.41) is 0.960. The minimum Gasteiger partial charge on any atom is -0.298 e. The van der Waals surface area contributed by atoms with Crippen molar-refractivity contribution in [3.63, 3.8) is 0 Å². The van der Waals surface area contributed by atoms with Crippen LogP contribution in [0, 0.1) is 0 Å². The summed E-state index contributed by atoms with van der Waals surface area (Å²) >= 11 is 5.06. The molecule has 2 aromatic rings. The number of thioether (sulfide) groups is 1. The lowest BCUT2D eigenvalue weighted by Crippen LogP contribution is -2.15. The molecule has 0 amide bonds. The molecule has 0 aliphatic heterocycles. The van der Waals surface area contributed by atoms with Gasteiger partial charge in [0.25, 0.3) is 0 Å². The molecule has 1 atom stereocenters. The lowest BCUT2D eigenvalue weighted by Gasteiger charge is -2.13. The Morgan fingerprint density at radius 1 is 1.19 bits per heavy atom. The molecule has 1 heterocycles. The smallest absolute Gasteiger partial charge is 0.173 e. The maximum atomic E-state index is 12.2. The second-order valence-corrected chi connectivity index (χ2v) is 7.31. The van der Waals surface area contributed by atoms with Crippen LogP contribution in [0.4, 0.5) is 0 Å². The van der Waals surface area contributed by atoms with Crippen molar-refractivity contribution in [1.29, 1.82) is 0 Å². The predicted octanol–water partition coefficient (Wildman–Crippen LogP) is 4.63. The third-order valence-electron chi connectivity index (χ3n) is 3.71. The highest BCUT2D eigenvalue weighted by Gasteiger charge is 2.23. The monoisotopic (exact) mass is 364 g/mol. The van der Waals surface area contributed by atoms with E-state index in [9.17, 15) is 4.79 Å². The van der Waals surface area contributed by atoms with Crippen LogP contribution in [-0.4, -0.2) is 20.6 Å². The van der Waals surface area contributed by atoms with Crippen molar-refractivity contribution in [3.05, 3.63) is 41.1 Å². The highest BCUT2D eigenvalue weighted by atomic mass is 79.9. The summed E-state index contributed by atoms with van der Waals surface area (Å²) < 4.78 is 3.11. The third-order valence-corrected chi connectivity index (χ3v) is 5.53. The molecule has 0 radical (unpaired) electrons. The number of ketones is 1. The number of benzene rings is 1. The number of carbonyl (C=O) groups is 1. The minimum atomic E-state index is 0.0594. The molecule has 5 heteroatoms. The van der Waals surface area contributed by atoms with Crippen LogP contribution in [0.2, 0.25) is 0 Å². The lowest BCUT2D eigenvalue weighted by molar-refractivity contribution is -0.118. The van der Waals surface area contributed by atoms with Crippen LogP contribution in [0.3, 0.4) is 0 Å². The SMILES string of the molecule is O=C1CCCCCC1Sc1nccn1-c1ccc(Br)cc1. The van der Waals surface area contributed by atoms with Crippen molar-refractivity contribution >= 4 is 33.5 Å². The van der Waals surface area contributed by atoms with Gasteiger partial charge in [-0.05, 0) is 37.1 Å². The fourth-order valence-corrected chi connectivity index (χ4v) is 4.01. The summed E-state index contributed by atoms with van der Waals surface area (Å²) in [5.41, 5.74) is 1.07. The number of hydrogen-bond donors (Lipinski definition) is 0. The Hall–Kier alpha value is -1.07. The Kier molecular flexibility index (Phi) is 4.80. The predicted molar refractivity (Wildman–Crippen MR) is 89.0 cm³/mol. The van der Waals surface area contributed by atoms with Crippen LogP contribution in [-0.2, 0) is 4.79 Å². The van der Waals surface area contributed by atoms with Gasteiger partial charge >= 0.3 is 0 Å². The van der Waals surface area contributed by atoms with Crippen molar-refractivity contribution in [2.24, 2.45) is 0 Å². The van der Waals surface area contributed by atoms with Crippen LogP contribution in [0.25, 0.3) is 5.69 Å². The van der Waals surface area contributed by atoms with Gasteiger partial charge in [-0.1, -0.05) is 40.5 Å². The van der Waals surface area contributed by atoms with E-state index in [4.69, 9.17) is 0 Å². The molecular formula is C16H17BrN2OS. The zero-order chi connectivity index (χ0) is 14.7. The van der Waals surface area contributed by atoms with Crippen LogP contribution in [0.5, 0.6) is 0 Å². The second-order valence-electron chi connectivity index (χ2n) is 5.23. The van der Waals surface area contributed by atoms with Gasteiger partial charge in [-0.25, -0.2) is 4.98 Å². The fraction of sp³-hybridized carbons (Fsp3) is 0.375. The molecule has 1 aliphatic carbocycles. The number of imidazole rings is 1. The fourth-order valence-electron chi connectivity index (χ4n) is 2.55. The molecule has 1 aliphatic rings. The summed E-state index contributed by atoms with van der Waals surface area (Å²) in [7, 11) is 0. The van der Waals surface area contributed by atoms with E-state index in [0.717, 1.165) is 41.0 Å². The van der Waals surface area contributed by atoms with Crippen molar-refractivity contribution in [3.8, 4) is 5.69 Å². The number of aromatic nitrogens is 2.